The summed E-state index contributed by atoms with van der Waals surface area (Å²) in [6, 6.07) is 17.0. The molecule has 2 nitrogen and oxygen atoms in total. The van der Waals surface area contributed by atoms with Crippen LogP contribution in [0, 0.1) is 0 Å². The zero-order valence-corrected chi connectivity index (χ0v) is 16.9. The van der Waals surface area contributed by atoms with Crippen molar-refractivity contribution in [1.29, 1.82) is 0 Å². The van der Waals surface area contributed by atoms with Crippen LogP contribution in [0.1, 0.15) is 18.4 Å². The first-order valence-corrected chi connectivity index (χ1v) is 10.00. The molecule has 5 heteroatoms. The van der Waals surface area contributed by atoms with Gasteiger partial charge >= 0.3 is 0 Å². The summed E-state index contributed by atoms with van der Waals surface area (Å²) in [6.45, 7) is 3.37. The number of halogens is 2. The fourth-order valence-corrected chi connectivity index (χ4v) is 4.86. The van der Waals surface area contributed by atoms with Gasteiger partial charge in [-0.15, -0.1) is 24.2 Å². The van der Waals surface area contributed by atoms with Crippen LogP contribution in [0.5, 0.6) is 0 Å². The summed E-state index contributed by atoms with van der Waals surface area (Å²) in [6.07, 6.45) is 6.13. The summed E-state index contributed by atoms with van der Waals surface area (Å²) in [5.74, 6) is 0. The summed E-state index contributed by atoms with van der Waals surface area (Å²) in [5.41, 5.74) is 1.40. The Bertz CT molecular complexity index is 849. The molecule has 0 bridgehead atoms. The molecule has 1 aromatic heterocycles. The van der Waals surface area contributed by atoms with Gasteiger partial charge in [0.15, 0.2) is 0 Å². The number of aromatic nitrogens is 1. The fraction of sp³-hybridized carbons (Fsp3) is 0.286. The van der Waals surface area contributed by atoms with Crippen molar-refractivity contribution in [2.75, 3.05) is 13.1 Å². The molecule has 2 heterocycles. The van der Waals surface area contributed by atoms with Gasteiger partial charge in [0.05, 0.1) is 5.02 Å². The fourth-order valence-electron chi connectivity index (χ4n) is 3.38. The van der Waals surface area contributed by atoms with E-state index in [2.05, 4.69) is 52.3 Å². The number of fused-ring (bicyclic) bond motifs is 1. The molecule has 0 amide bonds. The van der Waals surface area contributed by atoms with Crippen molar-refractivity contribution in [2.45, 2.75) is 29.5 Å². The second-order valence-corrected chi connectivity index (χ2v) is 8.33. The van der Waals surface area contributed by atoms with E-state index in [4.69, 9.17) is 11.6 Å². The molecule has 4 rings (SSSR count). The van der Waals surface area contributed by atoms with Crippen LogP contribution >= 0.6 is 35.8 Å². The van der Waals surface area contributed by atoms with Crippen LogP contribution in [0.3, 0.4) is 0 Å². The van der Waals surface area contributed by atoms with E-state index in [0.29, 0.717) is 5.25 Å². The van der Waals surface area contributed by atoms with E-state index in [1.165, 1.54) is 28.7 Å². The van der Waals surface area contributed by atoms with Crippen molar-refractivity contribution in [1.82, 2.24) is 9.88 Å². The van der Waals surface area contributed by atoms with Crippen molar-refractivity contribution in [3.05, 3.63) is 71.5 Å². The van der Waals surface area contributed by atoms with E-state index in [1.807, 2.05) is 30.2 Å². The molecular weight excluding hydrogens is 383 g/mol. The molecule has 0 unspecified atom stereocenters. The highest BCUT2D eigenvalue weighted by atomic mass is 35.5. The highest BCUT2D eigenvalue weighted by Crippen LogP contribution is 2.37. The third-order valence-corrected chi connectivity index (χ3v) is 6.59. The predicted molar refractivity (Wildman–Crippen MR) is 115 cm³/mol. The lowest BCUT2D eigenvalue weighted by Crippen LogP contribution is -2.34. The van der Waals surface area contributed by atoms with Crippen molar-refractivity contribution in [3.8, 4) is 0 Å². The molecule has 3 aromatic rings. The minimum absolute atomic E-state index is 0. The Morgan fingerprint density at radius 3 is 2.58 bits per heavy atom. The van der Waals surface area contributed by atoms with Gasteiger partial charge in [-0.25, -0.2) is 0 Å². The van der Waals surface area contributed by atoms with Gasteiger partial charge < -0.3 is 0 Å². The van der Waals surface area contributed by atoms with Gasteiger partial charge in [-0.05, 0) is 55.1 Å². The Kier molecular flexibility index (Phi) is 6.82. The van der Waals surface area contributed by atoms with Gasteiger partial charge in [-0.3, -0.25) is 9.88 Å². The second-order valence-electron chi connectivity index (χ2n) is 6.58. The maximum absolute atomic E-state index is 6.50. The van der Waals surface area contributed by atoms with Crippen LogP contribution < -0.4 is 0 Å². The molecule has 1 aliphatic rings. The number of benzene rings is 2. The monoisotopic (exact) mass is 404 g/mol. The van der Waals surface area contributed by atoms with E-state index in [0.717, 1.165) is 30.0 Å². The number of pyridine rings is 1. The molecule has 0 atom stereocenters. The van der Waals surface area contributed by atoms with E-state index in [1.54, 1.807) is 0 Å². The lowest BCUT2D eigenvalue weighted by molar-refractivity contribution is 0.225. The van der Waals surface area contributed by atoms with Gasteiger partial charge in [-0.2, -0.15) is 0 Å². The first-order valence-electron chi connectivity index (χ1n) is 8.74. The van der Waals surface area contributed by atoms with Gasteiger partial charge in [-0.1, -0.05) is 41.9 Å². The van der Waals surface area contributed by atoms with E-state index >= 15 is 0 Å². The van der Waals surface area contributed by atoms with Gasteiger partial charge in [0.2, 0.25) is 0 Å². The van der Waals surface area contributed by atoms with Crippen molar-refractivity contribution in [3.63, 3.8) is 0 Å². The molecule has 1 fully saturated rings. The molecule has 1 aliphatic heterocycles. The highest BCUT2D eigenvalue weighted by molar-refractivity contribution is 8.00. The summed E-state index contributed by atoms with van der Waals surface area (Å²) in [4.78, 5) is 7.92. The van der Waals surface area contributed by atoms with Gasteiger partial charge in [0.25, 0.3) is 0 Å². The number of hydrogen-bond acceptors (Lipinski definition) is 3. The minimum atomic E-state index is 0. The van der Waals surface area contributed by atoms with Crippen LogP contribution in [0.15, 0.2) is 65.8 Å². The highest BCUT2D eigenvalue weighted by Gasteiger charge is 2.21. The van der Waals surface area contributed by atoms with Crippen LogP contribution in [-0.2, 0) is 6.54 Å². The van der Waals surface area contributed by atoms with Crippen molar-refractivity contribution < 1.29 is 0 Å². The van der Waals surface area contributed by atoms with Gasteiger partial charge in [0.1, 0.15) is 0 Å². The average Bonchev–Trinajstić information content (AvgIpc) is 2.65. The number of piperidine rings is 1. The molecule has 0 saturated carbocycles. The molecule has 0 radical (unpaired) electrons. The topological polar surface area (TPSA) is 16.1 Å². The molecule has 0 N–H and O–H groups in total. The Morgan fingerprint density at radius 2 is 1.81 bits per heavy atom. The molecular formula is C21H22Cl2N2S. The van der Waals surface area contributed by atoms with Crippen LogP contribution in [0.2, 0.25) is 5.02 Å². The summed E-state index contributed by atoms with van der Waals surface area (Å²) < 4.78 is 0. The number of rotatable bonds is 4. The summed E-state index contributed by atoms with van der Waals surface area (Å²) in [5, 5.41) is 3.80. The largest absolute Gasteiger partial charge is 0.299 e. The summed E-state index contributed by atoms with van der Waals surface area (Å²) >= 11 is 8.43. The quantitative estimate of drug-likeness (QED) is 0.524. The molecule has 0 aliphatic carbocycles. The van der Waals surface area contributed by atoms with E-state index in [-0.39, 0.29) is 12.4 Å². The smallest absolute Gasteiger partial charge is 0.0548 e. The second kappa shape index (κ2) is 9.09. The van der Waals surface area contributed by atoms with Crippen molar-refractivity contribution in [2.24, 2.45) is 0 Å². The zero-order valence-electron chi connectivity index (χ0n) is 14.5. The van der Waals surface area contributed by atoms with Crippen LogP contribution in [0.25, 0.3) is 10.8 Å². The minimum Gasteiger partial charge on any atom is -0.299 e. The standard InChI is InChI=1S/C21H21ClN2S.ClH/c22-20-12-18-14-23-9-6-17(18)13-21(20)25-19-7-10-24(11-8-19)15-16-4-2-1-3-5-16;/h1-6,9,12-14,19H,7-8,10-11,15H2;1H. The Morgan fingerprint density at radius 1 is 1.04 bits per heavy atom. The Labute approximate surface area is 170 Å². The number of nitrogens with zero attached hydrogens (tertiary/aromatic N) is 2. The van der Waals surface area contributed by atoms with E-state index < -0.39 is 0 Å². The number of hydrogen-bond donors (Lipinski definition) is 0. The molecule has 136 valence electrons. The SMILES string of the molecule is Cl.Clc1cc2cnccc2cc1SC1CCN(Cc2ccccc2)CC1. The first kappa shape index (κ1) is 19.5. The molecule has 26 heavy (non-hydrogen) atoms. The molecule has 2 aromatic carbocycles. The van der Waals surface area contributed by atoms with Crippen molar-refractivity contribution >= 4 is 46.5 Å². The third-order valence-electron chi connectivity index (χ3n) is 4.77. The average molecular weight is 405 g/mol. The lowest BCUT2D eigenvalue weighted by Gasteiger charge is -2.31. The number of thioether (sulfide) groups is 1. The Balaban J connectivity index is 0.00000196. The third kappa shape index (κ3) is 4.72. The molecule has 1 saturated heterocycles. The van der Waals surface area contributed by atoms with E-state index in [9.17, 15) is 0 Å². The number of likely N-dealkylation sites (tertiary alicyclic amines) is 1. The summed E-state index contributed by atoms with van der Waals surface area (Å²) in [7, 11) is 0. The van der Waals surface area contributed by atoms with Gasteiger partial charge in [0, 0.05) is 34.5 Å². The first-order chi connectivity index (χ1) is 12.3. The maximum atomic E-state index is 6.50. The van der Waals surface area contributed by atoms with Crippen LogP contribution in [-0.4, -0.2) is 28.2 Å². The Hall–Kier alpha value is -1.26. The lowest BCUT2D eigenvalue weighted by atomic mass is 10.1. The predicted octanol–water partition coefficient (Wildman–Crippen LogP) is 6.07. The zero-order chi connectivity index (χ0) is 17.1. The normalized spacial score (nSPS) is 15.7. The molecule has 0 spiro atoms. The van der Waals surface area contributed by atoms with Crippen LogP contribution in [0.4, 0.5) is 0 Å². The maximum Gasteiger partial charge on any atom is 0.0548 e.